The van der Waals surface area contributed by atoms with E-state index in [1.165, 1.54) is 0 Å². The number of aliphatic hydroxyl groups is 1. The molecule has 1 rings (SSSR count). The standard InChI is InChI=1S/C12H17ClO3/c1-3-4-5-16-12-10(13)6-9(8-14)7-11(12)15-2/h6-7,14H,3-5,8H2,1-2H3. The molecule has 1 aromatic rings. The van der Waals surface area contributed by atoms with Gasteiger partial charge in [0.25, 0.3) is 0 Å². The summed E-state index contributed by atoms with van der Waals surface area (Å²) in [5.41, 5.74) is 0.713. The van der Waals surface area contributed by atoms with Gasteiger partial charge in [0.2, 0.25) is 0 Å². The molecule has 0 aliphatic heterocycles. The Morgan fingerprint density at radius 1 is 1.38 bits per heavy atom. The molecule has 3 nitrogen and oxygen atoms in total. The number of unbranched alkanes of at least 4 members (excludes halogenated alkanes) is 1. The van der Waals surface area contributed by atoms with Gasteiger partial charge in [-0.05, 0) is 24.1 Å². The zero-order chi connectivity index (χ0) is 12.0. The molecule has 0 aliphatic rings. The van der Waals surface area contributed by atoms with Crippen LogP contribution >= 0.6 is 11.6 Å². The van der Waals surface area contributed by atoms with E-state index in [1.807, 2.05) is 0 Å². The SMILES string of the molecule is CCCCOc1c(Cl)cc(CO)cc1OC. The smallest absolute Gasteiger partial charge is 0.179 e. The molecule has 0 amide bonds. The number of methoxy groups -OCH3 is 1. The van der Waals surface area contributed by atoms with Crippen LogP contribution in [-0.2, 0) is 6.61 Å². The predicted octanol–water partition coefficient (Wildman–Crippen LogP) is 3.02. The maximum Gasteiger partial charge on any atom is 0.179 e. The second kappa shape index (κ2) is 6.61. The first-order valence-electron chi connectivity index (χ1n) is 5.33. The number of hydrogen-bond acceptors (Lipinski definition) is 3. The summed E-state index contributed by atoms with van der Waals surface area (Å²) >= 11 is 6.05. The van der Waals surface area contributed by atoms with Crippen LogP contribution in [0.25, 0.3) is 0 Å². The lowest BCUT2D eigenvalue weighted by Crippen LogP contribution is -2.00. The van der Waals surface area contributed by atoms with E-state index in [1.54, 1.807) is 19.2 Å². The molecule has 0 atom stereocenters. The van der Waals surface area contributed by atoms with E-state index in [0.29, 0.717) is 28.7 Å². The van der Waals surface area contributed by atoms with Crippen molar-refractivity contribution in [2.75, 3.05) is 13.7 Å². The van der Waals surface area contributed by atoms with Crippen LogP contribution in [0.1, 0.15) is 25.3 Å². The maximum atomic E-state index is 9.03. The summed E-state index contributed by atoms with van der Waals surface area (Å²) in [5, 5.41) is 9.50. The highest BCUT2D eigenvalue weighted by Gasteiger charge is 2.11. The van der Waals surface area contributed by atoms with Crippen molar-refractivity contribution in [1.82, 2.24) is 0 Å². The normalized spacial score (nSPS) is 10.2. The van der Waals surface area contributed by atoms with Gasteiger partial charge in [-0.3, -0.25) is 0 Å². The van der Waals surface area contributed by atoms with E-state index in [0.717, 1.165) is 12.8 Å². The third-order valence-corrected chi connectivity index (χ3v) is 2.50. The van der Waals surface area contributed by atoms with E-state index in [4.69, 9.17) is 26.2 Å². The lowest BCUT2D eigenvalue weighted by atomic mass is 10.2. The van der Waals surface area contributed by atoms with Crippen LogP contribution < -0.4 is 9.47 Å². The Morgan fingerprint density at radius 3 is 2.69 bits per heavy atom. The van der Waals surface area contributed by atoms with Crippen LogP contribution in [0.2, 0.25) is 5.02 Å². The highest BCUT2D eigenvalue weighted by molar-refractivity contribution is 6.32. The minimum atomic E-state index is -0.0642. The second-order valence-electron chi connectivity index (χ2n) is 3.47. The molecule has 0 spiro atoms. The maximum absolute atomic E-state index is 9.03. The van der Waals surface area contributed by atoms with Crippen LogP contribution in [0.15, 0.2) is 12.1 Å². The van der Waals surface area contributed by atoms with Gasteiger partial charge in [0.15, 0.2) is 11.5 Å². The summed E-state index contributed by atoms with van der Waals surface area (Å²) in [6.07, 6.45) is 2.04. The summed E-state index contributed by atoms with van der Waals surface area (Å²) < 4.78 is 10.7. The van der Waals surface area contributed by atoms with Crippen LogP contribution in [0, 0.1) is 0 Å². The average molecular weight is 245 g/mol. The molecule has 0 radical (unpaired) electrons. The fourth-order valence-electron chi connectivity index (χ4n) is 1.32. The minimum Gasteiger partial charge on any atom is -0.493 e. The average Bonchev–Trinajstić information content (AvgIpc) is 2.30. The Bertz CT molecular complexity index is 339. The highest BCUT2D eigenvalue weighted by atomic mass is 35.5. The Morgan fingerprint density at radius 2 is 2.12 bits per heavy atom. The second-order valence-corrected chi connectivity index (χ2v) is 3.88. The zero-order valence-electron chi connectivity index (χ0n) is 9.62. The molecule has 0 heterocycles. The van der Waals surface area contributed by atoms with Crippen molar-refractivity contribution in [3.8, 4) is 11.5 Å². The number of halogens is 1. The van der Waals surface area contributed by atoms with Crippen LogP contribution in [0.5, 0.6) is 11.5 Å². The molecule has 1 aromatic carbocycles. The summed E-state index contributed by atoms with van der Waals surface area (Å²) in [7, 11) is 1.56. The number of benzene rings is 1. The fourth-order valence-corrected chi connectivity index (χ4v) is 1.61. The Kier molecular flexibility index (Phi) is 5.43. The summed E-state index contributed by atoms with van der Waals surface area (Å²) in [6, 6.07) is 3.42. The lowest BCUT2D eigenvalue weighted by molar-refractivity contribution is 0.276. The Hall–Kier alpha value is -0.930. The molecule has 0 saturated carbocycles. The van der Waals surface area contributed by atoms with Crippen molar-refractivity contribution in [1.29, 1.82) is 0 Å². The Balaban J connectivity index is 2.88. The quantitative estimate of drug-likeness (QED) is 0.782. The van der Waals surface area contributed by atoms with Crippen molar-refractivity contribution in [3.05, 3.63) is 22.7 Å². The van der Waals surface area contributed by atoms with Gasteiger partial charge in [0.05, 0.1) is 25.3 Å². The van der Waals surface area contributed by atoms with Gasteiger partial charge >= 0.3 is 0 Å². The van der Waals surface area contributed by atoms with Gasteiger partial charge in [0, 0.05) is 0 Å². The first kappa shape index (κ1) is 13.1. The highest BCUT2D eigenvalue weighted by Crippen LogP contribution is 2.36. The molecule has 0 bridgehead atoms. The van der Waals surface area contributed by atoms with Crippen LogP contribution in [0.3, 0.4) is 0 Å². The van der Waals surface area contributed by atoms with Gasteiger partial charge in [-0.1, -0.05) is 24.9 Å². The molecule has 0 saturated heterocycles. The minimum absolute atomic E-state index is 0.0642. The van der Waals surface area contributed by atoms with E-state index >= 15 is 0 Å². The van der Waals surface area contributed by atoms with Gasteiger partial charge in [-0.25, -0.2) is 0 Å². The predicted molar refractivity (Wildman–Crippen MR) is 64.3 cm³/mol. The topological polar surface area (TPSA) is 38.7 Å². The van der Waals surface area contributed by atoms with Crippen molar-refractivity contribution < 1.29 is 14.6 Å². The molecule has 1 N–H and O–H groups in total. The molecule has 16 heavy (non-hydrogen) atoms. The van der Waals surface area contributed by atoms with Gasteiger partial charge in [-0.15, -0.1) is 0 Å². The van der Waals surface area contributed by atoms with E-state index in [9.17, 15) is 0 Å². The third kappa shape index (κ3) is 3.29. The van der Waals surface area contributed by atoms with Crippen molar-refractivity contribution >= 4 is 11.6 Å². The van der Waals surface area contributed by atoms with E-state index in [2.05, 4.69) is 6.92 Å². The molecular formula is C12H17ClO3. The summed E-state index contributed by atoms with van der Waals surface area (Å²) in [6.45, 7) is 2.65. The zero-order valence-corrected chi connectivity index (χ0v) is 10.4. The molecular weight excluding hydrogens is 228 g/mol. The first-order chi connectivity index (χ1) is 7.72. The van der Waals surface area contributed by atoms with Crippen molar-refractivity contribution in [2.45, 2.75) is 26.4 Å². The van der Waals surface area contributed by atoms with Gasteiger partial charge in [-0.2, -0.15) is 0 Å². The number of ether oxygens (including phenoxy) is 2. The van der Waals surface area contributed by atoms with Crippen molar-refractivity contribution in [3.63, 3.8) is 0 Å². The van der Waals surface area contributed by atoms with Crippen molar-refractivity contribution in [2.24, 2.45) is 0 Å². The Labute approximate surface area is 101 Å². The molecule has 0 unspecified atom stereocenters. The summed E-state index contributed by atoms with van der Waals surface area (Å²) in [4.78, 5) is 0. The van der Waals surface area contributed by atoms with Gasteiger partial charge in [0.1, 0.15) is 0 Å². The van der Waals surface area contributed by atoms with Crippen LogP contribution in [0.4, 0.5) is 0 Å². The largest absolute Gasteiger partial charge is 0.493 e. The monoisotopic (exact) mass is 244 g/mol. The molecule has 0 fully saturated rings. The fraction of sp³-hybridized carbons (Fsp3) is 0.500. The van der Waals surface area contributed by atoms with Crippen LogP contribution in [-0.4, -0.2) is 18.8 Å². The lowest BCUT2D eigenvalue weighted by Gasteiger charge is -2.13. The number of hydrogen-bond donors (Lipinski definition) is 1. The summed E-state index contributed by atoms with van der Waals surface area (Å²) in [5.74, 6) is 1.11. The molecule has 4 heteroatoms. The molecule has 0 aliphatic carbocycles. The third-order valence-electron chi connectivity index (χ3n) is 2.22. The van der Waals surface area contributed by atoms with E-state index < -0.39 is 0 Å². The number of aliphatic hydroxyl groups excluding tert-OH is 1. The first-order valence-corrected chi connectivity index (χ1v) is 5.70. The number of rotatable bonds is 6. The molecule has 0 aromatic heterocycles. The molecule has 90 valence electrons. The van der Waals surface area contributed by atoms with E-state index in [-0.39, 0.29) is 6.61 Å². The van der Waals surface area contributed by atoms with Gasteiger partial charge < -0.3 is 14.6 Å².